The minimum Gasteiger partial charge on any atom is -0.508 e. The van der Waals surface area contributed by atoms with Gasteiger partial charge in [-0.3, -0.25) is 4.79 Å². The predicted octanol–water partition coefficient (Wildman–Crippen LogP) is 5.78. The lowest BCUT2D eigenvalue weighted by Crippen LogP contribution is -2.24. The lowest BCUT2D eigenvalue weighted by molar-refractivity contribution is 0.0953. The van der Waals surface area contributed by atoms with Gasteiger partial charge in [0, 0.05) is 30.0 Å². The maximum Gasteiger partial charge on any atom is 0.251 e. The summed E-state index contributed by atoms with van der Waals surface area (Å²) in [5.74, 6) is 1.37. The monoisotopic (exact) mass is 513 g/mol. The topological polar surface area (TPSA) is 124 Å². The molecule has 3 rings (SSSR count). The maximum absolute atomic E-state index is 12.1. The molecule has 0 aliphatic carbocycles. The number of benzene rings is 2. The van der Waals surface area contributed by atoms with Crippen LogP contribution in [0.1, 0.15) is 43.0 Å². The molecule has 0 aliphatic heterocycles. The van der Waals surface area contributed by atoms with Crippen LogP contribution in [-0.4, -0.2) is 39.1 Å². The number of carbonyl (C=O) groups excluding carboxylic acids is 1. The number of aromatic hydroxyl groups is 1. The average Bonchev–Trinajstić information content (AvgIpc) is 2.92. The summed E-state index contributed by atoms with van der Waals surface area (Å²) >= 11 is 0. The fourth-order valence-corrected chi connectivity index (χ4v) is 3.43. The van der Waals surface area contributed by atoms with Crippen LogP contribution in [0, 0.1) is 0 Å². The van der Waals surface area contributed by atoms with Crippen molar-refractivity contribution in [2.24, 2.45) is 0 Å². The molecule has 1 amide bonds. The number of hydrogen-bond donors (Lipinski definition) is 5. The van der Waals surface area contributed by atoms with E-state index in [1.54, 1.807) is 30.3 Å². The largest absolute Gasteiger partial charge is 0.508 e. The van der Waals surface area contributed by atoms with E-state index in [2.05, 4.69) is 42.8 Å². The lowest BCUT2D eigenvalue weighted by atomic mass is 10.2. The van der Waals surface area contributed by atoms with Crippen LogP contribution in [0.5, 0.6) is 5.75 Å². The van der Waals surface area contributed by atoms with Crippen LogP contribution < -0.4 is 21.3 Å². The summed E-state index contributed by atoms with van der Waals surface area (Å²) in [4.78, 5) is 25.5. The van der Waals surface area contributed by atoms with Crippen molar-refractivity contribution in [2.75, 3.05) is 29.0 Å². The third-order valence-electron chi connectivity index (χ3n) is 5.37. The molecular weight excluding hydrogens is 478 g/mol. The molecule has 0 aliphatic rings. The molecule has 9 nitrogen and oxygen atoms in total. The Bertz CT molecular complexity index is 1230. The molecule has 0 atom stereocenters. The molecule has 198 valence electrons. The van der Waals surface area contributed by atoms with Crippen LogP contribution >= 0.6 is 0 Å². The average molecular weight is 514 g/mol. The van der Waals surface area contributed by atoms with Crippen molar-refractivity contribution < 1.29 is 9.90 Å². The molecule has 5 N–H and O–H groups in total. The minimum absolute atomic E-state index is 0.0370. The molecular formula is C29H35N7O2. The van der Waals surface area contributed by atoms with Crippen molar-refractivity contribution in [3.8, 4) is 5.75 Å². The van der Waals surface area contributed by atoms with E-state index in [1.807, 2.05) is 55.5 Å². The van der Waals surface area contributed by atoms with Crippen molar-refractivity contribution in [3.05, 3.63) is 96.7 Å². The highest BCUT2D eigenvalue weighted by Gasteiger charge is 2.08. The highest BCUT2D eigenvalue weighted by atomic mass is 16.3. The number of carbonyl (C=O) groups is 1. The molecule has 2 aromatic carbocycles. The fraction of sp³-hybridized carbons (Fsp3) is 0.241. The van der Waals surface area contributed by atoms with E-state index in [0.29, 0.717) is 36.5 Å². The SMILES string of the molecule is C=C/C=C\C=C(/C)Nc1nc(NCCCCCCNC(=O)c2ccccc2)nc(Nc2ccc(O)cc2)n1. The van der Waals surface area contributed by atoms with E-state index in [4.69, 9.17) is 0 Å². The molecule has 38 heavy (non-hydrogen) atoms. The van der Waals surface area contributed by atoms with E-state index in [0.717, 1.165) is 37.1 Å². The smallest absolute Gasteiger partial charge is 0.251 e. The molecule has 0 radical (unpaired) electrons. The normalized spacial score (nSPS) is 11.2. The summed E-state index contributed by atoms with van der Waals surface area (Å²) < 4.78 is 0. The van der Waals surface area contributed by atoms with Gasteiger partial charge >= 0.3 is 0 Å². The Labute approximate surface area is 223 Å². The first-order chi connectivity index (χ1) is 18.5. The standard InChI is InChI=1S/C29H35N7O2/c1-3-4-8-13-22(2)32-28-34-27(35-29(36-28)33-24-16-18-25(37)19-17-24)31-21-12-6-5-11-20-30-26(38)23-14-9-7-10-15-23/h3-4,7-10,13-19,37H,1,5-6,11-12,20-21H2,2H3,(H,30,38)(H3,31,32,33,34,35,36)/b8-4-,22-13+. The first-order valence-corrected chi connectivity index (χ1v) is 12.7. The summed E-state index contributed by atoms with van der Waals surface area (Å²) in [6, 6.07) is 15.9. The van der Waals surface area contributed by atoms with Gasteiger partial charge in [-0.2, -0.15) is 15.0 Å². The number of amides is 1. The van der Waals surface area contributed by atoms with Crippen molar-refractivity contribution in [2.45, 2.75) is 32.6 Å². The zero-order valence-corrected chi connectivity index (χ0v) is 21.7. The van der Waals surface area contributed by atoms with Crippen molar-refractivity contribution in [3.63, 3.8) is 0 Å². The number of anilines is 4. The molecule has 1 heterocycles. The zero-order chi connectivity index (χ0) is 27.0. The van der Waals surface area contributed by atoms with Gasteiger partial charge in [0.25, 0.3) is 5.91 Å². The summed E-state index contributed by atoms with van der Waals surface area (Å²) in [6.07, 6.45) is 11.2. The Morgan fingerprint density at radius 2 is 1.55 bits per heavy atom. The fourth-order valence-electron chi connectivity index (χ4n) is 3.43. The summed E-state index contributed by atoms with van der Waals surface area (Å²) in [7, 11) is 0. The van der Waals surface area contributed by atoms with Crippen LogP contribution in [0.2, 0.25) is 0 Å². The lowest BCUT2D eigenvalue weighted by Gasteiger charge is -2.12. The molecule has 3 aromatic rings. The van der Waals surface area contributed by atoms with Gasteiger partial charge in [-0.1, -0.05) is 55.8 Å². The second-order valence-corrected chi connectivity index (χ2v) is 8.54. The highest BCUT2D eigenvalue weighted by molar-refractivity contribution is 5.94. The van der Waals surface area contributed by atoms with Gasteiger partial charge in [0.15, 0.2) is 0 Å². The molecule has 0 spiro atoms. The van der Waals surface area contributed by atoms with Crippen molar-refractivity contribution in [1.82, 2.24) is 20.3 Å². The van der Waals surface area contributed by atoms with Gasteiger partial charge in [0.2, 0.25) is 17.8 Å². The summed E-state index contributed by atoms with van der Waals surface area (Å²) in [6.45, 7) is 6.94. The number of nitrogens with one attached hydrogen (secondary N) is 4. The van der Waals surface area contributed by atoms with Crippen molar-refractivity contribution in [1.29, 1.82) is 0 Å². The number of nitrogens with zero attached hydrogens (tertiary/aromatic N) is 3. The third kappa shape index (κ3) is 10.1. The van der Waals surface area contributed by atoms with E-state index in [9.17, 15) is 9.90 Å². The molecule has 1 aromatic heterocycles. The number of unbranched alkanes of at least 4 members (excludes halogenated alkanes) is 3. The first kappa shape index (κ1) is 27.9. The Balaban J connectivity index is 1.49. The van der Waals surface area contributed by atoms with Gasteiger partial charge in [0.05, 0.1) is 0 Å². The number of allylic oxidation sites excluding steroid dienone is 5. The second kappa shape index (κ2) is 15.5. The van der Waals surface area contributed by atoms with Crippen LogP contribution in [0.3, 0.4) is 0 Å². The number of rotatable bonds is 15. The summed E-state index contributed by atoms with van der Waals surface area (Å²) in [5, 5.41) is 22.1. The quantitative estimate of drug-likeness (QED) is 0.0984. The van der Waals surface area contributed by atoms with Gasteiger partial charge in [-0.25, -0.2) is 0 Å². The van der Waals surface area contributed by atoms with Gasteiger partial charge in [-0.05, 0) is 62.2 Å². The first-order valence-electron chi connectivity index (χ1n) is 12.7. The predicted molar refractivity (Wildman–Crippen MR) is 154 cm³/mol. The Hall–Kier alpha value is -4.66. The molecule has 0 bridgehead atoms. The summed E-state index contributed by atoms with van der Waals surface area (Å²) in [5.41, 5.74) is 2.28. The van der Waals surface area contributed by atoms with E-state index >= 15 is 0 Å². The van der Waals surface area contributed by atoms with Crippen LogP contribution in [0.25, 0.3) is 0 Å². The zero-order valence-electron chi connectivity index (χ0n) is 21.7. The third-order valence-corrected chi connectivity index (χ3v) is 5.37. The number of aromatic nitrogens is 3. The van der Waals surface area contributed by atoms with Gasteiger partial charge < -0.3 is 26.4 Å². The maximum atomic E-state index is 12.1. The van der Waals surface area contributed by atoms with E-state index in [1.165, 1.54) is 0 Å². The second-order valence-electron chi connectivity index (χ2n) is 8.54. The molecule has 0 unspecified atom stereocenters. The van der Waals surface area contributed by atoms with Gasteiger partial charge in [0.1, 0.15) is 5.75 Å². The van der Waals surface area contributed by atoms with E-state index in [-0.39, 0.29) is 11.7 Å². The molecule has 0 fully saturated rings. The Kier molecular flexibility index (Phi) is 11.4. The van der Waals surface area contributed by atoms with Crippen LogP contribution in [0.15, 0.2) is 91.2 Å². The highest BCUT2D eigenvalue weighted by Crippen LogP contribution is 2.19. The minimum atomic E-state index is -0.0370. The number of hydrogen-bond acceptors (Lipinski definition) is 8. The molecule has 9 heteroatoms. The Morgan fingerprint density at radius 3 is 2.29 bits per heavy atom. The molecule has 0 saturated carbocycles. The number of phenols is 1. The number of phenolic OH excluding ortho intramolecular Hbond substituents is 1. The van der Waals surface area contributed by atoms with E-state index < -0.39 is 0 Å². The van der Waals surface area contributed by atoms with Gasteiger partial charge in [-0.15, -0.1) is 0 Å². The van der Waals surface area contributed by atoms with Crippen molar-refractivity contribution >= 4 is 29.4 Å². The Morgan fingerprint density at radius 1 is 0.868 bits per heavy atom. The van der Waals surface area contributed by atoms with Crippen LogP contribution in [0.4, 0.5) is 23.5 Å². The molecule has 0 saturated heterocycles. The van der Waals surface area contributed by atoms with Crippen LogP contribution in [-0.2, 0) is 0 Å².